The zero-order chi connectivity index (χ0) is 12.0. The van der Waals surface area contributed by atoms with Gasteiger partial charge in [0.15, 0.2) is 0 Å². The standard InChI is InChI=1S/C12H20BrN3/c1-3-16(4-2)8-7-11(14)10-5-6-12(13)15-9-10/h5-6,9,11H,3-4,7-8,14H2,1-2H3. The number of hydrogen-bond donors (Lipinski definition) is 1. The second-order valence-electron chi connectivity index (χ2n) is 3.84. The fourth-order valence-corrected chi connectivity index (χ4v) is 1.87. The number of halogens is 1. The summed E-state index contributed by atoms with van der Waals surface area (Å²) in [6, 6.07) is 4.05. The number of rotatable bonds is 6. The van der Waals surface area contributed by atoms with Crippen molar-refractivity contribution in [2.45, 2.75) is 26.3 Å². The summed E-state index contributed by atoms with van der Waals surface area (Å²) in [5, 5.41) is 0. The maximum atomic E-state index is 6.12. The Hall–Kier alpha value is -0.450. The smallest absolute Gasteiger partial charge is 0.106 e. The molecule has 0 fully saturated rings. The predicted molar refractivity (Wildman–Crippen MR) is 71.3 cm³/mol. The van der Waals surface area contributed by atoms with E-state index >= 15 is 0 Å². The average Bonchev–Trinajstić information content (AvgIpc) is 2.31. The largest absolute Gasteiger partial charge is 0.324 e. The van der Waals surface area contributed by atoms with E-state index in [1.807, 2.05) is 18.3 Å². The van der Waals surface area contributed by atoms with Crippen LogP contribution >= 0.6 is 15.9 Å². The molecule has 0 radical (unpaired) electrons. The maximum absolute atomic E-state index is 6.12. The maximum Gasteiger partial charge on any atom is 0.106 e. The lowest BCUT2D eigenvalue weighted by atomic mass is 10.1. The normalized spacial score (nSPS) is 13.1. The van der Waals surface area contributed by atoms with Crippen LogP contribution in [-0.4, -0.2) is 29.5 Å². The van der Waals surface area contributed by atoms with Crippen LogP contribution in [0.15, 0.2) is 22.9 Å². The minimum absolute atomic E-state index is 0.0844. The van der Waals surface area contributed by atoms with Crippen molar-refractivity contribution in [3.63, 3.8) is 0 Å². The molecule has 3 nitrogen and oxygen atoms in total. The predicted octanol–water partition coefficient (Wildman–Crippen LogP) is 2.58. The van der Waals surface area contributed by atoms with E-state index in [0.29, 0.717) is 0 Å². The molecule has 1 aromatic rings. The molecule has 1 unspecified atom stereocenters. The van der Waals surface area contributed by atoms with Crippen LogP contribution in [0.3, 0.4) is 0 Å². The minimum Gasteiger partial charge on any atom is -0.324 e. The monoisotopic (exact) mass is 285 g/mol. The highest BCUT2D eigenvalue weighted by molar-refractivity contribution is 9.10. The first-order valence-corrected chi connectivity index (χ1v) is 6.56. The molecule has 0 bridgehead atoms. The Labute approximate surface area is 106 Å². The van der Waals surface area contributed by atoms with Crippen LogP contribution in [0.25, 0.3) is 0 Å². The van der Waals surface area contributed by atoms with Gasteiger partial charge in [0.05, 0.1) is 0 Å². The summed E-state index contributed by atoms with van der Waals surface area (Å²) < 4.78 is 0.854. The van der Waals surface area contributed by atoms with Crippen LogP contribution in [-0.2, 0) is 0 Å². The van der Waals surface area contributed by atoms with E-state index in [4.69, 9.17) is 5.73 Å². The molecule has 16 heavy (non-hydrogen) atoms. The molecule has 0 saturated heterocycles. The Kier molecular flexibility index (Phi) is 5.95. The lowest BCUT2D eigenvalue weighted by Gasteiger charge is -2.20. The van der Waals surface area contributed by atoms with Crippen molar-refractivity contribution in [1.29, 1.82) is 0 Å². The van der Waals surface area contributed by atoms with Crippen LogP contribution in [0.5, 0.6) is 0 Å². The molecule has 1 aromatic heterocycles. The topological polar surface area (TPSA) is 42.1 Å². The van der Waals surface area contributed by atoms with Gasteiger partial charge in [0.25, 0.3) is 0 Å². The summed E-state index contributed by atoms with van der Waals surface area (Å²) in [5.41, 5.74) is 7.23. The van der Waals surface area contributed by atoms with Crippen molar-refractivity contribution < 1.29 is 0 Å². The number of hydrogen-bond acceptors (Lipinski definition) is 3. The molecule has 0 aliphatic carbocycles. The molecule has 1 heterocycles. The van der Waals surface area contributed by atoms with E-state index in [1.54, 1.807) is 0 Å². The van der Waals surface area contributed by atoms with Crippen molar-refractivity contribution in [3.8, 4) is 0 Å². The molecular weight excluding hydrogens is 266 g/mol. The van der Waals surface area contributed by atoms with Gasteiger partial charge in [0, 0.05) is 12.2 Å². The molecule has 1 atom stereocenters. The highest BCUT2D eigenvalue weighted by atomic mass is 79.9. The quantitative estimate of drug-likeness (QED) is 0.817. The number of nitrogens with two attached hydrogens (primary N) is 1. The minimum atomic E-state index is 0.0844. The fourth-order valence-electron chi connectivity index (χ4n) is 1.63. The molecule has 0 aromatic carbocycles. The van der Waals surface area contributed by atoms with E-state index in [0.717, 1.165) is 36.2 Å². The average molecular weight is 286 g/mol. The molecule has 2 N–H and O–H groups in total. The summed E-state index contributed by atoms with van der Waals surface area (Å²) in [5.74, 6) is 0. The Morgan fingerprint density at radius 2 is 2.06 bits per heavy atom. The Morgan fingerprint density at radius 1 is 1.38 bits per heavy atom. The van der Waals surface area contributed by atoms with Crippen molar-refractivity contribution in [1.82, 2.24) is 9.88 Å². The summed E-state index contributed by atoms with van der Waals surface area (Å²) >= 11 is 3.32. The third-order valence-electron chi connectivity index (χ3n) is 2.83. The Morgan fingerprint density at radius 3 is 2.56 bits per heavy atom. The van der Waals surface area contributed by atoms with Gasteiger partial charge >= 0.3 is 0 Å². The molecule has 0 saturated carbocycles. The first-order valence-electron chi connectivity index (χ1n) is 5.76. The lowest BCUT2D eigenvalue weighted by molar-refractivity contribution is 0.291. The molecule has 1 rings (SSSR count). The van der Waals surface area contributed by atoms with Crippen molar-refractivity contribution in [2.24, 2.45) is 5.73 Å². The van der Waals surface area contributed by atoms with Crippen LogP contribution in [0.1, 0.15) is 31.9 Å². The molecular formula is C12H20BrN3. The zero-order valence-electron chi connectivity index (χ0n) is 9.99. The molecule has 0 aliphatic rings. The first kappa shape index (κ1) is 13.6. The van der Waals surface area contributed by atoms with Gasteiger partial charge in [0.2, 0.25) is 0 Å². The van der Waals surface area contributed by atoms with Crippen LogP contribution in [0.4, 0.5) is 0 Å². The van der Waals surface area contributed by atoms with Gasteiger partial charge in [-0.3, -0.25) is 0 Å². The van der Waals surface area contributed by atoms with Crippen molar-refractivity contribution >= 4 is 15.9 Å². The summed E-state index contributed by atoms with van der Waals surface area (Å²) in [6.07, 6.45) is 2.82. The molecule has 0 aliphatic heterocycles. The van der Waals surface area contributed by atoms with E-state index in [1.165, 1.54) is 0 Å². The number of pyridine rings is 1. The summed E-state index contributed by atoms with van der Waals surface area (Å²) in [4.78, 5) is 6.57. The first-order chi connectivity index (χ1) is 7.67. The number of aromatic nitrogens is 1. The Balaban J connectivity index is 2.46. The van der Waals surface area contributed by atoms with E-state index in [-0.39, 0.29) is 6.04 Å². The SMILES string of the molecule is CCN(CC)CCC(N)c1ccc(Br)nc1. The highest BCUT2D eigenvalue weighted by Crippen LogP contribution is 2.15. The van der Waals surface area contributed by atoms with Crippen LogP contribution in [0, 0.1) is 0 Å². The number of nitrogens with zero attached hydrogens (tertiary/aromatic N) is 2. The van der Waals surface area contributed by atoms with E-state index < -0.39 is 0 Å². The van der Waals surface area contributed by atoms with E-state index in [9.17, 15) is 0 Å². The van der Waals surface area contributed by atoms with Crippen LogP contribution in [0.2, 0.25) is 0 Å². The van der Waals surface area contributed by atoms with Gasteiger partial charge in [0.1, 0.15) is 4.60 Å². The summed E-state index contributed by atoms with van der Waals surface area (Å²) in [6.45, 7) is 7.57. The molecule has 0 spiro atoms. The molecule has 4 heteroatoms. The van der Waals surface area contributed by atoms with E-state index in [2.05, 4.69) is 39.7 Å². The van der Waals surface area contributed by atoms with Crippen LogP contribution < -0.4 is 5.73 Å². The van der Waals surface area contributed by atoms with Gasteiger partial charge in [-0.15, -0.1) is 0 Å². The lowest BCUT2D eigenvalue weighted by Crippen LogP contribution is -2.27. The third-order valence-corrected chi connectivity index (χ3v) is 3.30. The van der Waals surface area contributed by atoms with Gasteiger partial charge in [-0.1, -0.05) is 19.9 Å². The third kappa shape index (κ3) is 4.20. The fraction of sp³-hybridized carbons (Fsp3) is 0.583. The molecule has 90 valence electrons. The van der Waals surface area contributed by atoms with Gasteiger partial charge in [-0.05, 0) is 53.6 Å². The van der Waals surface area contributed by atoms with Crippen molar-refractivity contribution in [3.05, 3.63) is 28.5 Å². The second-order valence-corrected chi connectivity index (χ2v) is 4.65. The van der Waals surface area contributed by atoms with Crippen molar-refractivity contribution in [2.75, 3.05) is 19.6 Å². The second kappa shape index (κ2) is 6.99. The van der Waals surface area contributed by atoms with Gasteiger partial charge in [-0.25, -0.2) is 4.98 Å². The molecule has 0 amide bonds. The zero-order valence-corrected chi connectivity index (χ0v) is 11.6. The summed E-state index contributed by atoms with van der Waals surface area (Å²) in [7, 11) is 0. The van der Waals surface area contributed by atoms with Gasteiger partial charge < -0.3 is 10.6 Å². The van der Waals surface area contributed by atoms with Gasteiger partial charge in [-0.2, -0.15) is 0 Å². The highest BCUT2D eigenvalue weighted by Gasteiger charge is 2.08. The Bertz CT molecular complexity index is 296.